The van der Waals surface area contributed by atoms with Gasteiger partial charge in [0.2, 0.25) is 11.8 Å². The molecule has 1 unspecified atom stereocenters. The van der Waals surface area contributed by atoms with Crippen LogP contribution in [0.4, 0.5) is 0 Å². The Labute approximate surface area is 223 Å². The summed E-state index contributed by atoms with van der Waals surface area (Å²) in [4.78, 5) is 40.9. The van der Waals surface area contributed by atoms with Crippen molar-refractivity contribution >= 4 is 17.7 Å². The minimum Gasteiger partial charge on any atom is -0.492 e. The lowest BCUT2D eigenvalue weighted by Gasteiger charge is -2.35. The predicted octanol–water partition coefficient (Wildman–Crippen LogP) is 3.58. The van der Waals surface area contributed by atoms with E-state index in [1.165, 1.54) is 50.5 Å². The Hall–Kier alpha value is -3.20. The lowest BCUT2D eigenvalue weighted by atomic mass is 9.96. The smallest absolute Gasteiger partial charge is 0.255 e. The van der Waals surface area contributed by atoms with Crippen molar-refractivity contribution in [2.45, 2.75) is 95.4 Å². The van der Waals surface area contributed by atoms with Gasteiger partial charge in [0.25, 0.3) is 5.91 Å². The van der Waals surface area contributed by atoms with Crippen molar-refractivity contribution in [3.8, 4) is 5.75 Å². The van der Waals surface area contributed by atoms with Crippen LogP contribution in [0.15, 0.2) is 30.6 Å². The minimum absolute atomic E-state index is 0.159. The number of carbonyl (C=O) groups excluding carboxylic acids is 3. The highest BCUT2D eigenvalue weighted by molar-refractivity contribution is 6.05. The van der Waals surface area contributed by atoms with Crippen LogP contribution in [0.25, 0.3) is 0 Å². The number of piperidine rings is 2. The van der Waals surface area contributed by atoms with E-state index in [4.69, 9.17) is 9.84 Å². The molecule has 3 fully saturated rings. The number of imide groups is 1. The van der Waals surface area contributed by atoms with Crippen LogP contribution in [0.2, 0.25) is 0 Å². The van der Waals surface area contributed by atoms with Crippen molar-refractivity contribution in [1.82, 2.24) is 24.9 Å². The molecule has 1 aromatic heterocycles. The summed E-state index contributed by atoms with van der Waals surface area (Å²) in [5.74, 6) is -0.0768. The first-order valence-corrected chi connectivity index (χ1v) is 14.2. The highest BCUT2D eigenvalue weighted by Gasteiger charge is 2.39. The Kier molecular flexibility index (Phi) is 7.19. The SMILES string of the molecule is O=C1CCC(N2Cc3cc(OC[C@@H]4CCCCN4Cc4cnn(C5CCCCC5)c4)ccc3C2=O)C(=O)N1. The van der Waals surface area contributed by atoms with Gasteiger partial charge < -0.3 is 9.64 Å². The molecule has 4 heterocycles. The fraction of sp³-hybridized carbons (Fsp3) is 0.586. The second-order valence-electron chi connectivity index (χ2n) is 11.3. The van der Waals surface area contributed by atoms with Gasteiger partial charge in [-0.3, -0.25) is 29.3 Å². The first kappa shape index (κ1) is 25.1. The molecule has 9 heteroatoms. The lowest BCUT2D eigenvalue weighted by Crippen LogP contribution is -2.52. The summed E-state index contributed by atoms with van der Waals surface area (Å²) in [5.41, 5.74) is 2.75. The van der Waals surface area contributed by atoms with Crippen LogP contribution in [0.5, 0.6) is 5.75 Å². The second-order valence-corrected chi connectivity index (χ2v) is 11.3. The number of fused-ring (bicyclic) bond motifs is 1. The lowest BCUT2D eigenvalue weighted by molar-refractivity contribution is -0.136. The molecule has 2 aromatic rings. The number of benzene rings is 1. The first-order chi connectivity index (χ1) is 18.5. The van der Waals surface area contributed by atoms with Crippen LogP contribution < -0.4 is 10.1 Å². The van der Waals surface area contributed by atoms with E-state index in [0.717, 1.165) is 30.8 Å². The maximum absolute atomic E-state index is 13.0. The van der Waals surface area contributed by atoms with Crippen LogP contribution in [-0.4, -0.2) is 62.5 Å². The second kappa shape index (κ2) is 10.9. The molecule has 3 aliphatic heterocycles. The fourth-order valence-electron chi connectivity index (χ4n) is 6.53. The number of likely N-dealkylation sites (tertiary alicyclic amines) is 1. The maximum atomic E-state index is 13.0. The average Bonchev–Trinajstić information content (AvgIpc) is 3.53. The van der Waals surface area contributed by atoms with Crippen LogP contribution >= 0.6 is 0 Å². The standard InChI is InChI=1S/C29H37N5O4/c35-27-12-11-26(28(36)31-27)33-18-21-14-24(9-10-25(21)29(33)37)38-19-23-8-4-5-13-32(23)16-20-15-30-34(17-20)22-6-2-1-3-7-22/h9-10,14-15,17,22-23,26H,1-8,11-13,16,18-19H2,(H,31,35,36)/t23-,26?/m0/s1. The third kappa shape index (κ3) is 5.21. The normalized spacial score (nSPS) is 24.9. The Morgan fingerprint density at radius 2 is 1.84 bits per heavy atom. The predicted molar refractivity (Wildman–Crippen MR) is 140 cm³/mol. The quantitative estimate of drug-likeness (QED) is 0.562. The number of hydrogen-bond acceptors (Lipinski definition) is 6. The molecule has 3 amide bonds. The molecule has 6 rings (SSSR count). The van der Waals surface area contributed by atoms with E-state index < -0.39 is 6.04 Å². The summed E-state index contributed by atoms with van der Waals surface area (Å²) in [6.45, 7) is 2.90. The van der Waals surface area contributed by atoms with Gasteiger partial charge in [0.15, 0.2) is 0 Å². The van der Waals surface area contributed by atoms with E-state index in [0.29, 0.717) is 37.2 Å². The molecular formula is C29H37N5O4. The Morgan fingerprint density at radius 3 is 2.68 bits per heavy atom. The highest BCUT2D eigenvalue weighted by Crippen LogP contribution is 2.31. The Bertz CT molecular complexity index is 1200. The van der Waals surface area contributed by atoms with Crippen LogP contribution in [0.1, 0.15) is 91.7 Å². The third-order valence-corrected chi connectivity index (χ3v) is 8.68. The molecule has 2 saturated heterocycles. The molecule has 1 aliphatic carbocycles. The van der Waals surface area contributed by atoms with Gasteiger partial charge in [-0.15, -0.1) is 0 Å². The van der Waals surface area contributed by atoms with Gasteiger partial charge >= 0.3 is 0 Å². The van der Waals surface area contributed by atoms with Gasteiger partial charge in [-0.25, -0.2) is 0 Å². The summed E-state index contributed by atoms with van der Waals surface area (Å²) in [7, 11) is 0. The number of amides is 3. The van der Waals surface area contributed by atoms with Gasteiger partial charge in [0.05, 0.1) is 12.2 Å². The Balaban J connectivity index is 1.07. The largest absolute Gasteiger partial charge is 0.492 e. The summed E-state index contributed by atoms with van der Waals surface area (Å²) in [6, 6.07) is 5.87. The van der Waals surface area contributed by atoms with E-state index in [9.17, 15) is 14.4 Å². The van der Waals surface area contributed by atoms with Crippen molar-refractivity contribution in [3.63, 3.8) is 0 Å². The molecule has 202 valence electrons. The summed E-state index contributed by atoms with van der Waals surface area (Å²) in [5, 5.41) is 7.05. The van der Waals surface area contributed by atoms with Gasteiger partial charge in [-0.1, -0.05) is 25.7 Å². The van der Waals surface area contributed by atoms with Crippen LogP contribution in [0, 0.1) is 0 Å². The molecule has 1 N–H and O–H groups in total. The van der Waals surface area contributed by atoms with Gasteiger partial charge in [-0.2, -0.15) is 5.10 Å². The summed E-state index contributed by atoms with van der Waals surface area (Å²) >= 11 is 0. The molecular weight excluding hydrogens is 482 g/mol. The molecule has 0 spiro atoms. The molecule has 1 saturated carbocycles. The van der Waals surface area contributed by atoms with Gasteiger partial charge in [0.1, 0.15) is 18.4 Å². The number of rotatable bonds is 7. The molecule has 4 aliphatic rings. The molecule has 38 heavy (non-hydrogen) atoms. The number of carbonyl (C=O) groups is 3. The monoisotopic (exact) mass is 519 g/mol. The minimum atomic E-state index is -0.602. The van der Waals surface area contributed by atoms with Crippen molar-refractivity contribution < 1.29 is 19.1 Å². The number of ether oxygens (including phenoxy) is 1. The topological polar surface area (TPSA) is 96.8 Å². The van der Waals surface area contributed by atoms with Crippen LogP contribution in [-0.2, 0) is 22.7 Å². The van der Waals surface area contributed by atoms with E-state index in [2.05, 4.69) is 21.1 Å². The fourth-order valence-corrected chi connectivity index (χ4v) is 6.53. The summed E-state index contributed by atoms with van der Waals surface area (Å²) in [6.07, 6.45) is 14.8. The van der Waals surface area contributed by atoms with Gasteiger partial charge in [-0.05, 0) is 62.4 Å². The zero-order valence-corrected chi connectivity index (χ0v) is 21.9. The van der Waals surface area contributed by atoms with Crippen molar-refractivity contribution in [2.75, 3.05) is 13.2 Å². The molecule has 2 atom stereocenters. The van der Waals surface area contributed by atoms with E-state index in [1.54, 1.807) is 11.0 Å². The average molecular weight is 520 g/mol. The number of nitrogens with one attached hydrogen (secondary N) is 1. The van der Waals surface area contributed by atoms with E-state index >= 15 is 0 Å². The zero-order chi connectivity index (χ0) is 26.1. The molecule has 9 nitrogen and oxygen atoms in total. The highest BCUT2D eigenvalue weighted by atomic mass is 16.5. The van der Waals surface area contributed by atoms with Crippen molar-refractivity contribution in [3.05, 3.63) is 47.3 Å². The van der Waals surface area contributed by atoms with Crippen LogP contribution in [0.3, 0.4) is 0 Å². The maximum Gasteiger partial charge on any atom is 0.255 e. The van der Waals surface area contributed by atoms with Gasteiger partial charge in [0, 0.05) is 42.9 Å². The van der Waals surface area contributed by atoms with Crippen molar-refractivity contribution in [1.29, 1.82) is 0 Å². The number of hydrogen-bond donors (Lipinski definition) is 1. The first-order valence-electron chi connectivity index (χ1n) is 14.2. The van der Waals surface area contributed by atoms with E-state index in [1.807, 2.05) is 18.3 Å². The number of aromatic nitrogens is 2. The number of nitrogens with zero attached hydrogens (tertiary/aromatic N) is 4. The molecule has 1 aromatic carbocycles. The van der Waals surface area contributed by atoms with E-state index in [-0.39, 0.29) is 24.1 Å². The molecule has 0 bridgehead atoms. The van der Waals surface area contributed by atoms with Crippen molar-refractivity contribution in [2.24, 2.45) is 0 Å². The molecule has 0 radical (unpaired) electrons. The summed E-state index contributed by atoms with van der Waals surface area (Å²) < 4.78 is 8.46. The Morgan fingerprint density at radius 1 is 1.00 bits per heavy atom. The zero-order valence-electron chi connectivity index (χ0n) is 21.9. The third-order valence-electron chi connectivity index (χ3n) is 8.68.